The SMILES string of the molecule is COc1ccc(-n2c(C)ccc2[C@H]2[C@H](c3ccccn3)NC(=S)N2CCCN2CCOCC2)cc1. The van der Waals surface area contributed by atoms with E-state index in [9.17, 15) is 0 Å². The highest BCUT2D eigenvalue weighted by Crippen LogP contribution is 2.40. The molecule has 0 unspecified atom stereocenters. The molecular formula is C27H33N5O2S. The predicted molar refractivity (Wildman–Crippen MR) is 141 cm³/mol. The van der Waals surface area contributed by atoms with Gasteiger partial charge in [0.15, 0.2) is 5.11 Å². The molecule has 4 heterocycles. The molecule has 3 aromatic rings. The van der Waals surface area contributed by atoms with Gasteiger partial charge in [0.05, 0.1) is 38.1 Å². The van der Waals surface area contributed by atoms with E-state index >= 15 is 0 Å². The lowest BCUT2D eigenvalue weighted by atomic mass is 10.0. The van der Waals surface area contributed by atoms with Crippen LogP contribution in [0.3, 0.4) is 0 Å². The fourth-order valence-corrected chi connectivity index (χ4v) is 5.46. The van der Waals surface area contributed by atoms with Crippen LogP contribution < -0.4 is 10.1 Å². The Morgan fingerprint density at radius 1 is 1.06 bits per heavy atom. The van der Waals surface area contributed by atoms with Crippen molar-refractivity contribution in [1.82, 2.24) is 24.7 Å². The van der Waals surface area contributed by atoms with E-state index in [2.05, 4.69) is 56.9 Å². The second-order valence-corrected chi connectivity index (χ2v) is 9.45. The summed E-state index contributed by atoms with van der Waals surface area (Å²) in [6, 6.07) is 18.7. The van der Waals surface area contributed by atoms with Crippen LogP contribution in [0.4, 0.5) is 0 Å². The van der Waals surface area contributed by atoms with Crippen LogP contribution in [-0.2, 0) is 4.74 Å². The van der Waals surface area contributed by atoms with E-state index in [0.29, 0.717) is 0 Å². The minimum absolute atomic E-state index is 0.0258. The molecular weight excluding hydrogens is 458 g/mol. The van der Waals surface area contributed by atoms with Gasteiger partial charge in [-0.25, -0.2) is 0 Å². The molecule has 0 aliphatic carbocycles. The number of aromatic nitrogens is 2. The molecule has 2 fully saturated rings. The standard InChI is InChI=1S/C27H33N5O2S/c1-20-7-12-24(32(20)21-8-10-22(33-2)11-9-21)26-25(23-6-3-4-13-28-23)29-27(35)31(26)15-5-14-30-16-18-34-19-17-30/h3-4,6-13,25-26H,5,14-19H2,1-2H3,(H,29,35)/t25-,26-/m0/s1. The van der Waals surface area contributed by atoms with Crippen LogP contribution in [0.1, 0.15) is 35.6 Å². The molecule has 2 aliphatic heterocycles. The Labute approximate surface area is 212 Å². The highest BCUT2D eigenvalue weighted by atomic mass is 32.1. The number of benzene rings is 1. The van der Waals surface area contributed by atoms with Crippen LogP contribution in [0.5, 0.6) is 5.75 Å². The van der Waals surface area contributed by atoms with Gasteiger partial charge in [0, 0.05) is 49.5 Å². The molecule has 1 N–H and O–H groups in total. The number of pyridine rings is 1. The zero-order valence-corrected chi connectivity index (χ0v) is 21.2. The van der Waals surface area contributed by atoms with Gasteiger partial charge in [-0.2, -0.15) is 0 Å². The van der Waals surface area contributed by atoms with Crippen molar-refractivity contribution in [3.8, 4) is 11.4 Å². The first-order valence-corrected chi connectivity index (χ1v) is 12.7. The molecule has 1 aromatic carbocycles. The maximum atomic E-state index is 5.89. The first kappa shape index (κ1) is 23.8. The topological polar surface area (TPSA) is 54.8 Å². The third-order valence-electron chi connectivity index (χ3n) is 6.91. The summed E-state index contributed by atoms with van der Waals surface area (Å²) < 4.78 is 13.2. The Bertz CT molecular complexity index is 1130. The van der Waals surface area contributed by atoms with Gasteiger partial charge in [-0.15, -0.1) is 0 Å². The smallest absolute Gasteiger partial charge is 0.170 e. The average Bonchev–Trinajstić information content (AvgIpc) is 3.44. The number of morpholine rings is 1. The maximum absolute atomic E-state index is 5.89. The third-order valence-corrected chi connectivity index (χ3v) is 7.27. The Hall–Kier alpha value is -2.94. The Morgan fingerprint density at radius 3 is 2.57 bits per heavy atom. The van der Waals surface area contributed by atoms with E-state index in [0.717, 1.165) is 68.1 Å². The quantitative estimate of drug-likeness (QED) is 0.480. The van der Waals surface area contributed by atoms with Gasteiger partial charge < -0.3 is 24.3 Å². The average molecular weight is 492 g/mol. The zero-order valence-electron chi connectivity index (χ0n) is 20.4. The minimum Gasteiger partial charge on any atom is -0.497 e. The van der Waals surface area contributed by atoms with Crippen molar-refractivity contribution in [3.05, 3.63) is 77.9 Å². The summed E-state index contributed by atoms with van der Waals surface area (Å²) in [6.45, 7) is 7.72. The number of hydrogen-bond donors (Lipinski definition) is 1. The van der Waals surface area contributed by atoms with Crippen LogP contribution in [0, 0.1) is 6.92 Å². The fraction of sp³-hybridized carbons (Fsp3) is 0.407. The lowest BCUT2D eigenvalue weighted by molar-refractivity contribution is 0.0365. The molecule has 2 aromatic heterocycles. The van der Waals surface area contributed by atoms with Crippen LogP contribution in [0.25, 0.3) is 5.69 Å². The van der Waals surface area contributed by atoms with Crippen molar-refractivity contribution >= 4 is 17.3 Å². The summed E-state index contributed by atoms with van der Waals surface area (Å²) in [5, 5.41) is 4.38. The van der Waals surface area contributed by atoms with Crippen molar-refractivity contribution in [1.29, 1.82) is 0 Å². The van der Waals surface area contributed by atoms with Gasteiger partial charge >= 0.3 is 0 Å². The van der Waals surface area contributed by atoms with Gasteiger partial charge in [0.25, 0.3) is 0 Å². The van der Waals surface area contributed by atoms with Gasteiger partial charge in [-0.1, -0.05) is 6.07 Å². The number of nitrogens with zero attached hydrogens (tertiary/aromatic N) is 4. The minimum atomic E-state index is -0.0293. The van der Waals surface area contributed by atoms with Crippen molar-refractivity contribution in [3.63, 3.8) is 0 Å². The molecule has 2 saturated heterocycles. The Morgan fingerprint density at radius 2 is 1.86 bits per heavy atom. The maximum Gasteiger partial charge on any atom is 0.170 e. The highest BCUT2D eigenvalue weighted by Gasteiger charge is 2.41. The van der Waals surface area contributed by atoms with Gasteiger partial charge in [-0.3, -0.25) is 9.88 Å². The van der Waals surface area contributed by atoms with Crippen LogP contribution in [0.15, 0.2) is 60.8 Å². The Kier molecular flexibility index (Phi) is 7.32. The molecule has 8 heteroatoms. The second kappa shape index (κ2) is 10.8. The lowest BCUT2D eigenvalue weighted by Gasteiger charge is -2.31. The van der Waals surface area contributed by atoms with Gasteiger partial charge in [0.1, 0.15) is 5.75 Å². The summed E-state index contributed by atoms with van der Waals surface area (Å²) in [5.41, 5.74) is 4.47. The van der Waals surface area contributed by atoms with Crippen molar-refractivity contribution in [2.45, 2.75) is 25.4 Å². The van der Waals surface area contributed by atoms with Crippen LogP contribution in [-0.4, -0.2) is 71.0 Å². The number of ether oxygens (including phenoxy) is 2. The molecule has 184 valence electrons. The molecule has 0 spiro atoms. The van der Waals surface area contributed by atoms with Gasteiger partial charge in [-0.05, 0) is 74.1 Å². The summed E-state index contributed by atoms with van der Waals surface area (Å²) in [6.07, 6.45) is 2.89. The van der Waals surface area contributed by atoms with E-state index < -0.39 is 0 Å². The van der Waals surface area contributed by atoms with E-state index in [1.54, 1.807) is 7.11 Å². The largest absolute Gasteiger partial charge is 0.497 e. The summed E-state index contributed by atoms with van der Waals surface area (Å²) in [5.74, 6) is 0.847. The molecule has 35 heavy (non-hydrogen) atoms. The van der Waals surface area contributed by atoms with E-state index in [-0.39, 0.29) is 12.1 Å². The lowest BCUT2D eigenvalue weighted by Crippen LogP contribution is -2.39. The molecule has 2 aliphatic rings. The van der Waals surface area contributed by atoms with Crippen LogP contribution in [0.2, 0.25) is 0 Å². The summed E-state index contributed by atoms with van der Waals surface area (Å²) in [4.78, 5) is 9.52. The molecule has 0 bridgehead atoms. The molecule has 5 rings (SSSR count). The molecule has 0 amide bonds. The molecule has 0 radical (unpaired) electrons. The van der Waals surface area contributed by atoms with E-state index in [1.807, 2.05) is 30.5 Å². The third kappa shape index (κ3) is 5.05. The molecule has 2 atom stereocenters. The van der Waals surface area contributed by atoms with Crippen molar-refractivity contribution < 1.29 is 9.47 Å². The van der Waals surface area contributed by atoms with Crippen LogP contribution >= 0.6 is 12.2 Å². The van der Waals surface area contributed by atoms with E-state index in [4.69, 9.17) is 26.7 Å². The second-order valence-electron chi connectivity index (χ2n) is 9.06. The van der Waals surface area contributed by atoms with E-state index in [1.165, 1.54) is 11.4 Å². The first-order valence-electron chi connectivity index (χ1n) is 12.3. The number of rotatable bonds is 8. The number of thiocarbonyl (C=S) groups is 1. The first-order chi connectivity index (χ1) is 17.2. The Balaban J connectivity index is 1.47. The molecule has 0 saturated carbocycles. The highest BCUT2D eigenvalue weighted by molar-refractivity contribution is 7.80. The fourth-order valence-electron chi connectivity index (χ4n) is 5.13. The predicted octanol–water partition coefficient (Wildman–Crippen LogP) is 3.88. The van der Waals surface area contributed by atoms with Crippen molar-refractivity contribution in [2.24, 2.45) is 0 Å². The van der Waals surface area contributed by atoms with Crippen molar-refractivity contribution in [2.75, 3.05) is 46.5 Å². The number of aryl methyl sites for hydroxylation is 1. The number of methoxy groups -OCH3 is 1. The monoisotopic (exact) mass is 491 g/mol. The number of hydrogen-bond acceptors (Lipinski definition) is 5. The zero-order chi connectivity index (χ0) is 24.2. The van der Waals surface area contributed by atoms with Gasteiger partial charge in [0.2, 0.25) is 0 Å². The normalized spacial score (nSPS) is 20.7. The summed E-state index contributed by atoms with van der Waals surface area (Å²) >= 11 is 5.89. The molecule has 7 nitrogen and oxygen atoms in total. The number of nitrogens with one attached hydrogen (secondary N) is 1. The summed E-state index contributed by atoms with van der Waals surface area (Å²) in [7, 11) is 1.69.